The van der Waals surface area contributed by atoms with Crippen LogP contribution in [0.3, 0.4) is 0 Å². The molecular formula is C18H23F3N2O8S3. The number of aliphatic carboxylic acids is 2. The Labute approximate surface area is 201 Å². The summed E-state index contributed by atoms with van der Waals surface area (Å²) >= 11 is 0. The number of morpholine rings is 1. The van der Waals surface area contributed by atoms with Crippen LogP contribution in [0.5, 0.6) is 0 Å². The second kappa shape index (κ2) is 14.4. The molecule has 1 aliphatic heterocycles. The SMILES string of the molecule is O=C(O)C(F)(F)F.O=C(O)CCSSCCNC(=O)c1ccc(S(=O)(=O)N2CCOCC2)cc1. The first-order valence-corrected chi connectivity index (χ1v) is 13.5. The molecule has 0 aliphatic carbocycles. The average molecular weight is 549 g/mol. The van der Waals surface area contributed by atoms with E-state index in [0.717, 1.165) is 0 Å². The number of carbonyl (C=O) groups excluding carboxylic acids is 1. The van der Waals surface area contributed by atoms with E-state index in [2.05, 4.69) is 5.32 Å². The number of ether oxygens (including phenoxy) is 1. The summed E-state index contributed by atoms with van der Waals surface area (Å²) in [5, 5.41) is 18.4. The number of carboxylic acids is 2. The Kier molecular flexibility index (Phi) is 12.7. The van der Waals surface area contributed by atoms with Gasteiger partial charge in [0.25, 0.3) is 5.91 Å². The van der Waals surface area contributed by atoms with Gasteiger partial charge >= 0.3 is 18.1 Å². The van der Waals surface area contributed by atoms with Crippen LogP contribution in [0.4, 0.5) is 13.2 Å². The van der Waals surface area contributed by atoms with Crippen LogP contribution in [0.2, 0.25) is 0 Å². The number of nitrogens with one attached hydrogen (secondary N) is 1. The van der Waals surface area contributed by atoms with Gasteiger partial charge < -0.3 is 20.3 Å². The number of alkyl halides is 3. The molecule has 3 N–H and O–H groups in total. The average Bonchev–Trinajstić information content (AvgIpc) is 2.78. The number of sulfonamides is 1. The van der Waals surface area contributed by atoms with Crippen molar-refractivity contribution in [1.29, 1.82) is 0 Å². The van der Waals surface area contributed by atoms with Crippen molar-refractivity contribution in [2.75, 3.05) is 44.4 Å². The molecule has 1 saturated heterocycles. The largest absolute Gasteiger partial charge is 0.490 e. The fraction of sp³-hybridized carbons (Fsp3) is 0.500. The van der Waals surface area contributed by atoms with Gasteiger partial charge in [-0.25, -0.2) is 13.2 Å². The van der Waals surface area contributed by atoms with Crippen molar-refractivity contribution < 1.29 is 50.9 Å². The lowest BCUT2D eigenvalue weighted by molar-refractivity contribution is -0.192. The molecule has 2 rings (SSSR count). The fourth-order valence-corrected chi connectivity index (χ4v) is 5.56. The van der Waals surface area contributed by atoms with E-state index in [1.54, 1.807) is 0 Å². The standard InChI is InChI=1S/C16H22N2O6S3.C2HF3O2/c19-15(20)5-11-25-26-12-6-17-16(21)13-1-3-14(4-2-13)27(22,23)18-7-9-24-10-8-18;3-2(4,5)1(6)7/h1-4H,5-12H2,(H,17,21)(H,19,20);(H,6,7). The minimum Gasteiger partial charge on any atom is -0.481 e. The lowest BCUT2D eigenvalue weighted by Crippen LogP contribution is -2.40. The van der Waals surface area contributed by atoms with Crippen molar-refractivity contribution in [2.45, 2.75) is 17.5 Å². The summed E-state index contributed by atoms with van der Waals surface area (Å²) in [7, 11) is -0.618. The summed E-state index contributed by atoms with van der Waals surface area (Å²) in [6, 6.07) is 5.88. The summed E-state index contributed by atoms with van der Waals surface area (Å²) < 4.78 is 63.4. The zero-order valence-electron chi connectivity index (χ0n) is 17.6. The van der Waals surface area contributed by atoms with Crippen molar-refractivity contribution >= 4 is 49.5 Å². The highest BCUT2D eigenvalue weighted by Gasteiger charge is 2.38. The van der Waals surface area contributed by atoms with E-state index in [1.807, 2.05) is 0 Å². The number of hydrogen-bond donors (Lipinski definition) is 3. The van der Waals surface area contributed by atoms with E-state index in [9.17, 15) is 31.2 Å². The van der Waals surface area contributed by atoms with Crippen LogP contribution < -0.4 is 5.32 Å². The van der Waals surface area contributed by atoms with E-state index in [-0.39, 0.29) is 17.2 Å². The van der Waals surface area contributed by atoms with Crippen molar-refractivity contribution in [1.82, 2.24) is 9.62 Å². The van der Waals surface area contributed by atoms with Crippen molar-refractivity contribution in [3.05, 3.63) is 29.8 Å². The first-order valence-electron chi connectivity index (χ1n) is 9.58. The number of amides is 1. The van der Waals surface area contributed by atoms with Crippen LogP contribution in [0.15, 0.2) is 29.2 Å². The summed E-state index contributed by atoms with van der Waals surface area (Å²) in [4.78, 5) is 31.5. The van der Waals surface area contributed by atoms with Gasteiger partial charge in [0, 0.05) is 36.7 Å². The van der Waals surface area contributed by atoms with Gasteiger partial charge in [-0.05, 0) is 24.3 Å². The predicted octanol–water partition coefficient (Wildman–Crippen LogP) is 1.93. The molecule has 0 radical (unpaired) electrons. The topological polar surface area (TPSA) is 150 Å². The molecule has 1 aromatic carbocycles. The zero-order chi connectivity index (χ0) is 25.8. The maximum atomic E-state index is 12.5. The number of halogens is 3. The second-order valence-electron chi connectivity index (χ2n) is 6.39. The molecule has 192 valence electrons. The van der Waals surface area contributed by atoms with Crippen molar-refractivity contribution in [2.24, 2.45) is 0 Å². The third-order valence-corrected chi connectivity index (χ3v) is 8.24. The number of benzene rings is 1. The first-order chi connectivity index (χ1) is 15.9. The maximum absolute atomic E-state index is 12.5. The number of carboxylic acid groups (broad SMARTS) is 2. The smallest absolute Gasteiger partial charge is 0.481 e. The second-order valence-corrected chi connectivity index (χ2v) is 11.0. The van der Waals surface area contributed by atoms with Crippen molar-refractivity contribution in [3.8, 4) is 0 Å². The molecule has 1 aliphatic rings. The minimum absolute atomic E-state index is 0.115. The Balaban J connectivity index is 0.000000718. The minimum atomic E-state index is -5.08. The molecule has 1 fully saturated rings. The molecule has 0 spiro atoms. The highest BCUT2D eigenvalue weighted by atomic mass is 33.1. The van der Waals surface area contributed by atoms with Gasteiger partial charge in [-0.1, -0.05) is 21.6 Å². The summed E-state index contributed by atoms with van der Waals surface area (Å²) in [5.74, 6) is -2.68. The Morgan fingerprint density at radius 2 is 1.56 bits per heavy atom. The van der Waals surface area contributed by atoms with Crippen molar-refractivity contribution in [3.63, 3.8) is 0 Å². The first kappa shape index (κ1) is 30.0. The van der Waals surface area contributed by atoms with E-state index < -0.39 is 28.1 Å². The van der Waals surface area contributed by atoms with Gasteiger partial charge in [-0.2, -0.15) is 17.5 Å². The zero-order valence-corrected chi connectivity index (χ0v) is 20.1. The van der Waals surface area contributed by atoms with Crippen LogP contribution >= 0.6 is 21.6 Å². The molecule has 0 unspecified atom stereocenters. The van der Waals surface area contributed by atoms with E-state index in [1.165, 1.54) is 50.2 Å². The Hall–Kier alpha value is -2.01. The monoisotopic (exact) mass is 548 g/mol. The van der Waals surface area contributed by atoms with E-state index in [0.29, 0.717) is 49.9 Å². The highest BCUT2D eigenvalue weighted by Crippen LogP contribution is 2.21. The molecule has 16 heteroatoms. The van der Waals surface area contributed by atoms with Crippen LogP contribution in [-0.2, 0) is 24.3 Å². The third-order valence-electron chi connectivity index (χ3n) is 3.92. The van der Waals surface area contributed by atoms with Crippen LogP contribution in [0, 0.1) is 0 Å². The lowest BCUT2D eigenvalue weighted by atomic mass is 10.2. The van der Waals surface area contributed by atoms with Gasteiger partial charge in [0.2, 0.25) is 10.0 Å². The molecule has 0 bridgehead atoms. The molecule has 1 amide bonds. The van der Waals surface area contributed by atoms with Crippen LogP contribution in [0.25, 0.3) is 0 Å². The molecule has 0 atom stereocenters. The molecule has 34 heavy (non-hydrogen) atoms. The molecule has 0 saturated carbocycles. The highest BCUT2D eigenvalue weighted by molar-refractivity contribution is 8.76. The summed E-state index contributed by atoms with van der Waals surface area (Å²) in [6.45, 7) is 1.86. The molecule has 1 aromatic rings. The Morgan fingerprint density at radius 3 is 2.06 bits per heavy atom. The van der Waals surface area contributed by atoms with Gasteiger partial charge in [-0.3, -0.25) is 9.59 Å². The van der Waals surface area contributed by atoms with Crippen LogP contribution in [0.1, 0.15) is 16.8 Å². The maximum Gasteiger partial charge on any atom is 0.490 e. The number of carbonyl (C=O) groups is 3. The van der Waals surface area contributed by atoms with Crippen LogP contribution in [-0.4, -0.2) is 91.3 Å². The van der Waals surface area contributed by atoms with E-state index in [4.69, 9.17) is 19.7 Å². The number of rotatable bonds is 10. The number of hydrogen-bond acceptors (Lipinski definition) is 8. The predicted molar refractivity (Wildman–Crippen MR) is 119 cm³/mol. The summed E-state index contributed by atoms with van der Waals surface area (Å²) in [6.07, 6.45) is -4.97. The molecular weight excluding hydrogens is 525 g/mol. The molecule has 1 heterocycles. The van der Waals surface area contributed by atoms with Gasteiger partial charge in [0.15, 0.2) is 0 Å². The molecule has 0 aromatic heterocycles. The Bertz CT molecular complexity index is 921. The lowest BCUT2D eigenvalue weighted by Gasteiger charge is -2.26. The summed E-state index contributed by atoms with van der Waals surface area (Å²) in [5.41, 5.74) is 0.388. The van der Waals surface area contributed by atoms with Gasteiger partial charge in [0.05, 0.1) is 24.5 Å². The third kappa shape index (κ3) is 10.9. The Morgan fingerprint density at radius 1 is 1.03 bits per heavy atom. The quantitative estimate of drug-likeness (QED) is 0.292. The molecule has 10 nitrogen and oxygen atoms in total. The number of nitrogens with zero attached hydrogens (tertiary/aromatic N) is 1. The normalized spacial score (nSPS) is 14.6. The fourth-order valence-electron chi connectivity index (χ4n) is 2.27. The van der Waals surface area contributed by atoms with Gasteiger partial charge in [0.1, 0.15) is 0 Å². The van der Waals surface area contributed by atoms with E-state index >= 15 is 0 Å². The van der Waals surface area contributed by atoms with Gasteiger partial charge in [-0.15, -0.1) is 0 Å².